The Kier molecular flexibility index (Phi) is 4.93. The number of nitrogens with one attached hydrogen (secondary N) is 1. The molecule has 0 aliphatic heterocycles. The predicted molar refractivity (Wildman–Crippen MR) is 87.6 cm³/mol. The van der Waals surface area contributed by atoms with Crippen molar-refractivity contribution in [2.24, 2.45) is 0 Å². The SMILES string of the molecule is O=C(NC(CO)Cc1ccccc1)c1cn(-c2ccncc2)nn1. The van der Waals surface area contributed by atoms with Crippen LogP contribution in [-0.4, -0.2) is 43.6 Å². The summed E-state index contributed by atoms with van der Waals surface area (Å²) in [4.78, 5) is 16.2. The van der Waals surface area contributed by atoms with E-state index in [1.165, 1.54) is 4.68 Å². The second-order valence-electron chi connectivity index (χ2n) is 5.30. The van der Waals surface area contributed by atoms with E-state index < -0.39 is 0 Å². The molecule has 0 fully saturated rings. The fourth-order valence-electron chi connectivity index (χ4n) is 2.31. The summed E-state index contributed by atoms with van der Waals surface area (Å²) in [7, 11) is 0. The molecule has 3 rings (SSSR count). The number of carbonyl (C=O) groups excluding carboxylic acids is 1. The van der Waals surface area contributed by atoms with Gasteiger partial charge in [0.2, 0.25) is 0 Å². The molecular weight excluding hydrogens is 306 g/mol. The highest BCUT2D eigenvalue weighted by atomic mass is 16.3. The van der Waals surface area contributed by atoms with Crippen LogP contribution in [-0.2, 0) is 6.42 Å². The highest BCUT2D eigenvalue weighted by Gasteiger charge is 2.16. The number of rotatable bonds is 6. The molecule has 1 atom stereocenters. The van der Waals surface area contributed by atoms with Crippen LogP contribution in [0.1, 0.15) is 16.1 Å². The van der Waals surface area contributed by atoms with E-state index >= 15 is 0 Å². The molecule has 0 bridgehead atoms. The highest BCUT2D eigenvalue weighted by Crippen LogP contribution is 2.06. The summed E-state index contributed by atoms with van der Waals surface area (Å²) in [6.45, 7) is -0.154. The van der Waals surface area contributed by atoms with E-state index in [-0.39, 0.29) is 24.2 Å². The summed E-state index contributed by atoms with van der Waals surface area (Å²) in [6, 6.07) is 12.8. The van der Waals surface area contributed by atoms with Gasteiger partial charge in [0.15, 0.2) is 5.69 Å². The maximum Gasteiger partial charge on any atom is 0.273 e. The normalized spacial score (nSPS) is 11.9. The molecule has 1 unspecified atom stereocenters. The predicted octanol–water partition coefficient (Wildman–Crippen LogP) is 0.996. The molecule has 1 amide bonds. The third kappa shape index (κ3) is 3.82. The van der Waals surface area contributed by atoms with Crippen molar-refractivity contribution in [3.8, 4) is 5.69 Å². The van der Waals surface area contributed by atoms with E-state index in [9.17, 15) is 9.90 Å². The van der Waals surface area contributed by atoms with E-state index in [2.05, 4.69) is 20.6 Å². The first kappa shape index (κ1) is 15.8. The summed E-state index contributed by atoms with van der Waals surface area (Å²) in [5, 5.41) is 20.1. The average Bonchev–Trinajstić information content (AvgIpc) is 3.13. The van der Waals surface area contributed by atoms with Crippen molar-refractivity contribution in [1.29, 1.82) is 0 Å². The fraction of sp³-hybridized carbons (Fsp3) is 0.176. The van der Waals surface area contributed by atoms with Gasteiger partial charge in [-0.15, -0.1) is 5.10 Å². The topological polar surface area (TPSA) is 92.9 Å². The Balaban J connectivity index is 1.67. The third-order valence-electron chi connectivity index (χ3n) is 3.53. The second-order valence-corrected chi connectivity index (χ2v) is 5.30. The number of benzene rings is 1. The molecule has 7 nitrogen and oxygen atoms in total. The minimum Gasteiger partial charge on any atom is -0.394 e. The molecule has 1 aromatic carbocycles. The monoisotopic (exact) mass is 323 g/mol. The molecular formula is C17H17N5O2. The van der Waals surface area contributed by atoms with Crippen molar-refractivity contribution in [1.82, 2.24) is 25.3 Å². The largest absolute Gasteiger partial charge is 0.394 e. The number of amides is 1. The van der Waals surface area contributed by atoms with E-state index in [0.717, 1.165) is 11.3 Å². The van der Waals surface area contributed by atoms with Gasteiger partial charge in [-0.05, 0) is 24.1 Å². The minimum atomic E-state index is -0.383. The number of nitrogens with zero attached hydrogens (tertiary/aromatic N) is 4. The number of pyridine rings is 1. The van der Waals surface area contributed by atoms with Gasteiger partial charge in [-0.1, -0.05) is 35.5 Å². The Labute approximate surface area is 139 Å². The van der Waals surface area contributed by atoms with Crippen LogP contribution in [0, 0.1) is 0 Å². The van der Waals surface area contributed by atoms with Crippen LogP contribution in [0.5, 0.6) is 0 Å². The molecule has 0 aliphatic rings. The van der Waals surface area contributed by atoms with Crippen LogP contribution in [0.3, 0.4) is 0 Å². The number of hydrogen-bond acceptors (Lipinski definition) is 5. The van der Waals surface area contributed by atoms with Crippen molar-refractivity contribution in [3.63, 3.8) is 0 Å². The average molecular weight is 323 g/mol. The van der Waals surface area contributed by atoms with Crippen molar-refractivity contribution in [3.05, 3.63) is 72.3 Å². The van der Waals surface area contributed by atoms with Crippen molar-refractivity contribution >= 4 is 5.91 Å². The zero-order chi connectivity index (χ0) is 16.8. The van der Waals surface area contributed by atoms with Gasteiger partial charge in [0.05, 0.1) is 24.5 Å². The van der Waals surface area contributed by atoms with Gasteiger partial charge in [-0.3, -0.25) is 9.78 Å². The van der Waals surface area contributed by atoms with Gasteiger partial charge in [0.1, 0.15) is 0 Å². The van der Waals surface area contributed by atoms with Crippen molar-refractivity contribution in [2.45, 2.75) is 12.5 Å². The molecule has 122 valence electrons. The highest BCUT2D eigenvalue weighted by molar-refractivity contribution is 5.92. The van der Waals surface area contributed by atoms with Crippen molar-refractivity contribution < 1.29 is 9.90 Å². The summed E-state index contributed by atoms with van der Waals surface area (Å²) in [6.07, 6.45) is 5.36. The van der Waals surface area contributed by atoms with E-state index in [0.29, 0.717) is 6.42 Å². The summed E-state index contributed by atoms with van der Waals surface area (Å²) in [5.41, 5.74) is 2.00. The van der Waals surface area contributed by atoms with Gasteiger partial charge < -0.3 is 10.4 Å². The quantitative estimate of drug-likeness (QED) is 0.706. The first-order chi connectivity index (χ1) is 11.8. The van der Waals surface area contributed by atoms with Crippen LogP contribution in [0.4, 0.5) is 0 Å². The second kappa shape index (κ2) is 7.47. The van der Waals surface area contributed by atoms with Crippen LogP contribution in [0.25, 0.3) is 5.69 Å². The number of aliphatic hydroxyl groups excluding tert-OH is 1. The van der Waals surface area contributed by atoms with Crippen LogP contribution in [0.2, 0.25) is 0 Å². The molecule has 0 saturated carbocycles. The van der Waals surface area contributed by atoms with Gasteiger partial charge in [-0.2, -0.15) is 0 Å². The Morgan fingerprint density at radius 3 is 2.62 bits per heavy atom. The standard InChI is InChI=1S/C17H17N5O2/c23-12-14(10-13-4-2-1-3-5-13)19-17(24)16-11-22(21-20-16)15-6-8-18-9-7-15/h1-9,11,14,23H,10,12H2,(H,19,24). The molecule has 2 heterocycles. The number of aromatic nitrogens is 4. The molecule has 7 heteroatoms. The lowest BCUT2D eigenvalue weighted by atomic mass is 10.1. The molecule has 2 aromatic heterocycles. The summed E-state index contributed by atoms with van der Waals surface area (Å²) >= 11 is 0. The molecule has 0 radical (unpaired) electrons. The molecule has 0 aliphatic carbocycles. The van der Waals surface area contributed by atoms with Gasteiger partial charge in [0.25, 0.3) is 5.91 Å². The molecule has 24 heavy (non-hydrogen) atoms. The zero-order valence-electron chi connectivity index (χ0n) is 12.9. The van der Waals surface area contributed by atoms with E-state index in [4.69, 9.17) is 0 Å². The van der Waals surface area contributed by atoms with Gasteiger partial charge >= 0.3 is 0 Å². The maximum atomic E-state index is 12.3. The Bertz CT molecular complexity index is 789. The first-order valence-electron chi connectivity index (χ1n) is 7.54. The van der Waals surface area contributed by atoms with Crippen molar-refractivity contribution in [2.75, 3.05) is 6.61 Å². The maximum absolute atomic E-state index is 12.3. The third-order valence-corrected chi connectivity index (χ3v) is 3.53. The smallest absolute Gasteiger partial charge is 0.273 e. The van der Waals surface area contributed by atoms with Crippen LogP contribution < -0.4 is 5.32 Å². The number of carbonyl (C=O) groups is 1. The Morgan fingerprint density at radius 1 is 1.17 bits per heavy atom. The van der Waals surface area contributed by atoms with Gasteiger partial charge in [0, 0.05) is 12.4 Å². The first-order valence-corrected chi connectivity index (χ1v) is 7.54. The van der Waals surface area contributed by atoms with E-state index in [1.807, 2.05) is 30.3 Å². The molecule has 3 aromatic rings. The number of aliphatic hydroxyl groups is 1. The Morgan fingerprint density at radius 2 is 1.92 bits per heavy atom. The molecule has 2 N–H and O–H groups in total. The van der Waals surface area contributed by atoms with Crippen LogP contribution >= 0.6 is 0 Å². The minimum absolute atomic E-state index is 0.154. The lowest BCUT2D eigenvalue weighted by Crippen LogP contribution is -2.39. The zero-order valence-corrected chi connectivity index (χ0v) is 12.9. The lowest BCUT2D eigenvalue weighted by molar-refractivity contribution is 0.0911. The van der Waals surface area contributed by atoms with Crippen LogP contribution in [0.15, 0.2) is 61.1 Å². The Hall–Kier alpha value is -3.06. The molecule has 0 saturated heterocycles. The fourth-order valence-corrected chi connectivity index (χ4v) is 2.31. The lowest BCUT2D eigenvalue weighted by Gasteiger charge is -2.15. The molecule has 0 spiro atoms. The number of hydrogen-bond donors (Lipinski definition) is 2. The van der Waals surface area contributed by atoms with E-state index in [1.54, 1.807) is 30.7 Å². The van der Waals surface area contributed by atoms with Gasteiger partial charge in [-0.25, -0.2) is 4.68 Å². The summed E-state index contributed by atoms with van der Waals surface area (Å²) < 4.78 is 1.50. The summed E-state index contributed by atoms with van der Waals surface area (Å²) in [5.74, 6) is -0.370.